The quantitative estimate of drug-likeness (QED) is 0.606. The number of hydrazone groups is 1. The molecule has 0 saturated heterocycles. The van der Waals surface area contributed by atoms with E-state index in [0.29, 0.717) is 11.7 Å². The summed E-state index contributed by atoms with van der Waals surface area (Å²) in [5.41, 5.74) is 3.43. The number of carbonyl (C=O) groups is 1. The minimum atomic E-state index is -0.256. The van der Waals surface area contributed by atoms with E-state index in [9.17, 15) is 4.79 Å². The van der Waals surface area contributed by atoms with Crippen molar-refractivity contribution < 1.29 is 9.53 Å². The highest BCUT2D eigenvalue weighted by Gasteiger charge is 2.03. The average Bonchev–Trinajstić information content (AvgIpc) is 2.40. The van der Waals surface area contributed by atoms with Crippen molar-refractivity contribution >= 4 is 27.5 Å². The minimum Gasteiger partial charge on any atom is -0.484 e. The molecule has 1 aromatic rings. The maximum Gasteiger partial charge on any atom is 0.277 e. The Bertz CT molecular complexity index is 473. The van der Waals surface area contributed by atoms with E-state index in [1.165, 1.54) is 0 Å². The van der Waals surface area contributed by atoms with E-state index in [1.54, 1.807) is 6.07 Å². The van der Waals surface area contributed by atoms with Crippen LogP contribution in [0, 0.1) is 5.92 Å². The predicted molar refractivity (Wildman–Crippen MR) is 85.0 cm³/mol. The highest BCUT2D eigenvalue weighted by atomic mass is 79.9. The maximum absolute atomic E-state index is 11.6. The second kappa shape index (κ2) is 8.74. The van der Waals surface area contributed by atoms with Crippen LogP contribution in [0.3, 0.4) is 0 Å². The third kappa shape index (κ3) is 7.28. The lowest BCUT2D eigenvalue weighted by Gasteiger charge is -2.06. The molecule has 0 heterocycles. The molecular formula is C15H21BrN2O2. The van der Waals surface area contributed by atoms with Crippen molar-refractivity contribution in [2.75, 3.05) is 6.61 Å². The zero-order valence-electron chi connectivity index (χ0n) is 12.1. The fourth-order valence-electron chi connectivity index (χ4n) is 1.45. The summed E-state index contributed by atoms with van der Waals surface area (Å²) in [7, 11) is 0. The normalized spacial score (nSPS) is 11.6. The number of nitrogens with zero attached hydrogens (tertiary/aromatic N) is 1. The number of rotatable bonds is 7. The van der Waals surface area contributed by atoms with Gasteiger partial charge in [-0.3, -0.25) is 4.79 Å². The van der Waals surface area contributed by atoms with Gasteiger partial charge in [-0.2, -0.15) is 5.10 Å². The Kier molecular flexibility index (Phi) is 7.30. The van der Waals surface area contributed by atoms with Gasteiger partial charge in [0.05, 0.1) is 0 Å². The van der Waals surface area contributed by atoms with E-state index in [4.69, 9.17) is 4.74 Å². The van der Waals surface area contributed by atoms with Gasteiger partial charge in [0.1, 0.15) is 5.75 Å². The summed E-state index contributed by atoms with van der Waals surface area (Å²) in [5, 5.41) is 4.05. The first-order valence-electron chi connectivity index (χ1n) is 6.67. The van der Waals surface area contributed by atoms with Crippen molar-refractivity contribution in [3.63, 3.8) is 0 Å². The molecule has 0 saturated carbocycles. The Balaban J connectivity index is 2.31. The van der Waals surface area contributed by atoms with Crippen molar-refractivity contribution in [1.29, 1.82) is 0 Å². The van der Waals surface area contributed by atoms with E-state index in [1.807, 2.05) is 25.1 Å². The van der Waals surface area contributed by atoms with Crippen LogP contribution in [0.15, 0.2) is 33.8 Å². The monoisotopic (exact) mass is 340 g/mol. The smallest absolute Gasteiger partial charge is 0.277 e. The molecule has 0 radical (unpaired) electrons. The molecule has 4 nitrogen and oxygen atoms in total. The van der Waals surface area contributed by atoms with E-state index in [2.05, 4.69) is 40.3 Å². The summed E-state index contributed by atoms with van der Waals surface area (Å²) in [5.74, 6) is 1.03. The van der Waals surface area contributed by atoms with Crippen LogP contribution in [0.4, 0.5) is 0 Å². The van der Waals surface area contributed by atoms with Crippen molar-refractivity contribution in [3.8, 4) is 5.75 Å². The number of nitrogens with one attached hydrogen (secondary N) is 1. The lowest BCUT2D eigenvalue weighted by molar-refractivity contribution is -0.123. The van der Waals surface area contributed by atoms with Crippen LogP contribution < -0.4 is 10.2 Å². The summed E-state index contributed by atoms with van der Waals surface area (Å²) in [6.45, 7) is 6.20. The van der Waals surface area contributed by atoms with Crippen LogP contribution >= 0.6 is 15.9 Å². The number of carbonyl (C=O) groups excluding carboxylic acids is 1. The van der Waals surface area contributed by atoms with Gasteiger partial charge in [-0.05, 0) is 43.9 Å². The Morgan fingerprint density at radius 3 is 2.85 bits per heavy atom. The molecule has 1 rings (SSSR count). The molecule has 0 fully saturated rings. The molecular weight excluding hydrogens is 320 g/mol. The molecule has 110 valence electrons. The first-order valence-corrected chi connectivity index (χ1v) is 7.47. The molecule has 0 spiro atoms. The zero-order chi connectivity index (χ0) is 15.0. The Morgan fingerprint density at radius 2 is 2.20 bits per heavy atom. The number of benzene rings is 1. The molecule has 0 atom stereocenters. The fourth-order valence-corrected chi connectivity index (χ4v) is 1.83. The van der Waals surface area contributed by atoms with Crippen LogP contribution in [-0.2, 0) is 4.79 Å². The van der Waals surface area contributed by atoms with Crippen LogP contribution in [-0.4, -0.2) is 18.2 Å². The van der Waals surface area contributed by atoms with Gasteiger partial charge in [-0.15, -0.1) is 0 Å². The second-order valence-corrected chi connectivity index (χ2v) is 5.98. The van der Waals surface area contributed by atoms with Gasteiger partial charge in [0.2, 0.25) is 0 Å². The van der Waals surface area contributed by atoms with E-state index in [-0.39, 0.29) is 12.5 Å². The molecule has 20 heavy (non-hydrogen) atoms. The molecule has 1 N–H and O–H groups in total. The molecule has 0 bridgehead atoms. The van der Waals surface area contributed by atoms with E-state index >= 15 is 0 Å². The van der Waals surface area contributed by atoms with Gasteiger partial charge in [0.25, 0.3) is 5.91 Å². The summed E-state index contributed by atoms with van der Waals surface area (Å²) in [6, 6.07) is 7.36. The number of halogens is 1. The van der Waals surface area contributed by atoms with Gasteiger partial charge in [-0.1, -0.05) is 35.8 Å². The number of amides is 1. The SMILES string of the molecule is C/C(CCC(C)C)=N/NC(=O)COc1cccc(Br)c1. The lowest BCUT2D eigenvalue weighted by atomic mass is 10.1. The maximum atomic E-state index is 11.6. The average molecular weight is 341 g/mol. The molecule has 0 aliphatic rings. The van der Waals surface area contributed by atoms with Gasteiger partial charge in [0, 0.05) is 10.2 Å². The first-order chi connectivity index (χ1) is 9.47. The van der Waals surface area contributed by atoms with E-state index < -0.39 is 0 Å². The van der Waals surface area contributed by atoms with Gasteiger partial charge in [-0.25, -0.2) is 5.43 Å². The Labute approximate surface area is 128 Å². The first kappa shape index (κ1) is 16.7. The summed E-state index contributed by atoms with van der Waals surface area (Å²) in [6.07, 6.45) is 1.96. The number of ether oxygens (including phenoxy) is 1. The predicted octanol–water partition coefficient (Wildman–Crippen LogP) is 3.76. The largest absolute Gasteiger partial charge is 0.484 e. The van der Waals surface area contributed by atoms with Gasteiger partial charge in [0.15, 0.2) is 6.61 Å². The van der Waals surface area contributed by atoms with Gasteiger partial charge >= 0.3 is 0 Å². The summed E-state index contributed by atoms with van der Waals surface area (Å²) < 4.78 is 6.28. The van der Waals surface area contributed by atoms with Crippen LogP contribution in [0.2, 0.25) is 0 Å². The van der Waals surface area contributed by atoms with Crippen LogP contribution in [0.25, 0.3) is 0 Å². The van der Waals surface area contributed by atoms with E-state index in [0.717, 1.165) is 23.0 Å². The third-order valence-electron chi connectivity index (χ3n) is 2.62. The standard InChI is InChI=1S/C15H21BrN2O2/c1-11(2)7-8-12(3)17-18-15(19)10-20-14-6-4-5-13(16)9-14/h4-6,9,11H,7-8,10H2,1-3H3,(H,18,19)/b17-12-. The van der Waals surface area contributed by atoms with Crippen molar-refractivity contribution in [2.45, 2.75) is 33.6 Å². The van der Waals surface area contributed by atoms with Crippen LogP contribution in [0.5, 0.6) is 5.75 Å². The van der Waals surface area contributed by atoms with Crippen molar-refractivity contribution in [3.05, 3.63) is 28.7 Å². The molecule has 0 aromatic heterocycles. The summed E-state index contributed by atoms with van der Waals surface area (Å²) in [4.78, 5) is 11.6. The van der Waals surface area contributed by atoms with Crippen molar-refractivity contribution in [1.82, 2.24) is 5.43 Å². The molecule has 1 aromatic carbocycles. The molecule has 5 heteroatoms. The number of hydrogen-bond donors (Lipinski definition) is 1. The van der Waals surface area contributed by atoms with Gasteiger partial charge < -0.3 is 4.74 Å². The lowest BCUT2D eigenvalue weighted by Crippen LogP contribution is -2.25. The molecule has 0 unspecified atom stereocenters. The van der Waals surface area contributed by atoms with Crippen LogP contribution in [0.1, 0.15) is 33.6 Å². The zero-order valence-corrected chi connectivity index (χ0v) is 13.7. The Morgan fingerprint density at radius 1 is 1.45 bits per heavy atom. The summed E-state index contributed by atoms with van der Waals surface area (Å²) >= 11 is 3.35. The highest BCUT2D eigenvalue weighted by Crippen LogP contribution is 2.17. The molecule has 0 aliphatic heterocycles. The molecule has 0 aliphatic carbocycles. The highest BCUT2D eigenvalue weighted by molar-refractivity contribution is 9.10. The fraction of sp³-hybridized carbons (Fsp3) is 0.467. The molecule has 1 amide bonds. The number of hydrogen-bond acceptors (Lipinski definition) is 3. The topological polar surface area (TPSA) is 50.7 Å². The minimum absolute atomic E-state index is 0.0442. The third-order valence-corrected chi connectivity index (χ3v) is 3.11. The van der Waals surface area contributed by atoms with Crippen molar-refractivity contribution in [2.24, 2.45) is 11.0 Å². The second-order valence-electron chi connectivity index (χ2n) is 5.06. The Hall–Kier alpha value is -1.36.